The molecule has 17 heavy (non-hydrogen) atoms. The molecule has 0 aliphatic heterocycles. The van der Waals surface area contributed by atoms with Crippen LogP contribution in [-0.4, -0.2) is 33.8 Å². The first-order valence-corrected chi connectivity index (χ1v) is 5.87. The predicted octanol–water partition coefficient (Wildman–Crippen LogP) is 1.21. The van der Waals surface area contributed by atoms with Crippen LogP contribution in [0.4, 0.5) is 0 Å². The van der Waals surface area contributed by atoms with Crippen molar-refractivity contribution in [3.8, 4) is 0 Å². The van der Waals surface area contributed by atoms with Gasteiger partial charge in [-0.25, -0.2) is 4.79 Å². The van der Waals surface area contributed by atoms with Gasteiger partial charge in [0.05, 0.1) is 17.2 Å². The molecular weight excluding hydrogens is 292 g/mol. The highest BCUT2D eigenvalue weighted by Crippen LogP contribution is 2.22. The van der Waals surface area contributed by atoms with Gasteiger partial charge in [0, 0.05) is 7.05 Å². The van der Waals surface area contributed by atoms with Crippen LogP contribution >= 0.6 is 15.9 Å². The van der Waals surface area contributed by atoms with Crippen molar-refractivity contribution < 1.29 is 19.4 Å². The first-order chi connectivity index (χ1) is 7.97. The second-order valence-corrected chi connectivity index (χ2v) is 4.45. The maximum Gasteiger partial charge on any atom is 0.359 e. The zero-order chi connectivity index (χ0) is 13.0. The number of hydrogen-bond acceptors (Lipinski definition) is 5. The SMILES string of the molecule is CC(C)OCc1nn(C)c(C(=O)OCO)c1Br. The second-order valence-electron chi connectivity index (χ2n) is 3.65. The molecule has 0 atom stereocenters. The Morgan fingerprint density at radius 3 is 2.76 bits per heavy atom. The normalized spacial score (nSPS) is 10.9. The van der Waals surface area contributed by atoms with Crippen molar-refractivity contribution in [3.05, 3.63) is 15.9 Å². The predicted molar refractivity (Wildman–Crippen MR) is 63.3 cm³/mol. The highest BCUT2D eigenvalue weighted by molar-refractivity contribution is 9.10. The van der Waals surface area contributed by atoms with Crippen LogP contribution in [-0.2, 0) is 23.1 Å². The fourth-order valence-electron chi connectivity index (χ4n) is 1.24. The molecule has 0 saturated heterocycles. The Kier molecular flexibility index (Phi) is 5.10. The standard InChI is InChI=1S/C10H15BrN2O4/c1-6(2)16-4-7-8(11)9(13(3)12-7)10(15)17-5-14/h6,14H,4-5H2,1-3H3. The lowest BCUT2D eigenvalue weighted by atomic mass is 10.3. The van der Waals surface area contributed by atoms with Gasteiger partial charge in [-0.3, -0.25) is 4.68 Å². The minimum atomic E-state index is -0.658. The van der Waals surface area contributed by atoms with Crippen molar-refractivity contribution in [2.45, 2.75) is 26.6 Å². The topological polar surface area (TPSA) is 73.6 Å². The van der Waals surface area contributed by atoms with Gasteiger partial charge in [-0.1, -0.05) is 0 Å². The van der Waals surface area contributed by atoms with Crippen molar-refractivity contribution >= 4 is 21.9 Å². The summed E-state index contributed by atoms with van der Waals surface area (Å²) in [6.45, 7) is 3.47. The van der Waals surface area contributed by atoms with Crippen LogP contribution in [0.15, 0.2) is 4.47 Å². The maximum atomic E-state index is 11.5. The van der Waals surface area contributed by atoms with E-state index in [4.69, 9.17) is 9.84 Å². The molecule has 0 unspecified atom stereocenters. The summed E-state index contributed by atoms with van der Waals surface area (Å²) < 4.78 is 11.8. The van der Waals surface area contributed by atoms with Crippen molar-refractivity contribution in [2.24, 2.45) is 7.05 Å². The van der Waals surface area contributed by atoms with Gasteiger partial charge in [0.15, 0.2) is 12.5 Å². The van der Waals surface area contributed by atoms with E-state index in [1.165, 1.54) is 4.68 Å². The van der Waals surface area contributed by atoms with Crippen molar-refractivity contribution in [1.29, 1.82) is 0 Å². The summed E-state index contributed by atoms with van der Waals surface area (Å²) in [6.07, 6.45) is 0.0803. The summed E-state index contributed by atoms with van der Waals surface area (Å²) in [7, 11) is 1.62. The third kappa shape index (κ3) is 3.52. The summed E-state index contributed by atoms with van der Waals surface area (Å²) in [5.74, 6) is -0.634. The van der Waals surface area contributed by atoms with E-state index in [2.05, 4.69) is 25.8 Å². The number of aryl methyl sites for hydroxylation is 1. The average Bonchev–Trinajstić information content (AvgIpc) is 2.51. The Bertz CT molecular complexity index is 403. The number of ether oxygens (including phenoxy) is 2. The van der Waals surface area contributed by atoms with Crippen LogP contribution < -0.4 is 0 Å². The van der Waals surface area contributed by atoms with Gasteiger partial charge in [-0.15, -0.1) is 0 Å². The van der Waals surface area contributed by atoms with Crippen LogP contribution in [0.2, 0.25) is 0 Å². The van der Waals surface area contributed by atoms with E-state index in [1.54, 1.807) is 7.05 Å². The largest absolute Gasteiger partial charge is 0.434 e. The van der Waals surface area contributed by atoms with Crippen LogP contribution in [0.25, 0.3) is 0 Å². The highest BCUT2D eigenvalue weighted by atomic mass is 79.9. The average molecular weight is 307 g/mol. The molecule has 7 heteroatoms. The molecule has 1 N–H and O–H groups in total. The number of nitrogens with zero attached hydrogens (tertiary/aromatic N) is 2. The molecule has 0 saturated carbocycles. The number of aromatic nitrogens is 2. The van der Waals surface area contributed by atoms with E-state index in [1.807, 2.05) is 13.8 Å². The summed E-state index contributed by atoms with van der Waals surface area (Å²) >= 11 is 3.28. The summed E-state index contributed by atoms with van der Waals surface area (Å²) in [6, 6.07) is 0. The molecule has 0 aliphatic carbocycles. The van der Waals surface area contributed by atoms with Gasteiger partial charge in [-0.2, -0.15) is 5.10 Å². The van der Waals surface area contributed by atoms with E-state index < -0.39 is 12.8 Å². The van der Waals surface area contributed by atoms with Crippen LogP contribution in [0.5, 0.6) is 0 Å². The molecular formula is C10H15BrN2O4. The molecule has 0 fully saturated rings. The zero-order valence-electron chi connectivity index (χ0n) is 9.94. The van der Waals surface area contributed by atoms with Gasteiger partial charge < -0.3 is 14.6 Å². The summed E-state index contributed by atoms with van der Waals surface area (Å²) in [5, 5.41) is 12.7. The Morgan fingerprint density at radius 2 is 2.24 bits per heavy atom. The molecule has 0 aromatic carbocycles. The number of hydrogen-bond donors (Lipinski definition) is 1. The fourth-order valence-corrected chi connectivity index (χ4v) is 1.85. The molecule has 1 rings (SSSR count). The van der Waals surface area contributed by atoms with Crippen molar-refractivity contribution in [3.63, 3.8) is 0 Å². The third-order valence-electron chi connectivity index (χ3n) is 2.00. The van der Waals surface area contributed by atoms with Gasteiger partial charge >= 0.3 is 5.97 Å². The first kappa shape index (κ1) is 14.1. The number of halogens is 1. The summed E-state index contributed by atoms with van der Waals surface area (Å²) in [5.41, 5.74) is 0.868. The molecule has 0 spiro atoms. The van der Waals surface area contributed by atoms with E-state index in [0.717, 1.165) is 0 Å². The van der Waals surface area contributed by atoms with E-state index in [-0.39, 0.29) is 11.8 Å². The minimum absolute atomic E-state index is 0.0803. The van der Waals surface area contributed by atoms with Gasteiger partial charge in [-0.05, 0) is 29.8 Å². The van der Waals surface area contributed by atoms with Crippen molar-refractivity contribution in [1.82, 2.24) is 9.78 Å². The molecule has 1 aromatic heterocycles. The number of esters is 1. The first-order valence-electron chi connectivity index (χ1n) is 5.08. The van der Waals surface area contributed by atoms with Gasteiger partial charge in [0.2, 0.25) is 0 Å². The quantitative estimate of drug-likeness (QED) is 0.654. The van der Waals surface area contributed by atoms with Crippen LogP contribution in [0.3, 0.4) is 0 Å². The number of aliphatic hydroxyl groups excluding tert-OH is 1. The Hall–Kier alpha value is -0.920. The number of aliphatic hydroxyl groups is 1. The lowest BCUT2D eigenvalue weighted by Gasteiger charge is -2.05. The van der Waals surface area contributed by atoms with E-state index in [9.17, 15) is 4.79 Å². The molecule has 6 nitrogen and oxygen atoms in total. The smallest absolute Gasteiger partial charge is 0.359 e. The molecule has 0 amide bonds. The van der Waals surface area contributed by atoms with E-state index >= 15 is 0 Å². The monoisotopic (exact) mass is 306 g/mol. The number of carbonyl (C=O) groups is 1. The second kappa shape index (κ2) is 6.13. The van der Waals surface area contributed by atoms with Crippen molar-refractivity contribution in [2.75, 3.05) is 6.79 Å². The molecule has 1 heterocycles. The highest BCUT2D eigenvalue weighted by Gasteiger charge is 2.21. The Labute approximate surface area is 108 Å². The lowest BCUT2D eigenvalue weighted by Crippen LogP contribution is -2.11. The Morgan fingerprint density at radius 1 is 1.59 bits per heavy atom. The van der Waals surface area contributed by atoms with Gasteiger partial charge in [0.1, 0.15) is 5.69 Å². The molecule has 96 valence electrons. The molecule has 0 radical (unpaired) electrons. The molecule has 0 aliphatic rings. The minimum Gasteiger partial charge on any atom is -0.434 e. The molecule has 1 aromatic rings. The number of rotatable bonds is 5. The van der Waals surface area contributed by atoms with Gasteiger partial charge in [0.25, 0.3) is 0 Å². The number of carbonyl (C=O) groups excluding carboxylic acids is 1. The zero-order valence-corrected chi connectivity index (χ0v) is 11.5. The third-order valence-corrected chi connectivity index (χ3v) is 2.83. The lowest BCUT2D eigenvalue weighted by molar-refractivity contribution is 0.00566. The maximum absolute atomic E-state index is 11.5. The molecule has 0 bridgehead atoms. The van der Waals surface area contributed by atoms with Crippen LogP contribution in [0, 0.1) is 0 Å². The summed E-state index contributed by atoms with van der Waals surface area (Å²) in [4.78, 5) is 11.5. The fraction of sp³-hybridized carbons (Fsp3) is 0.600. The van der Waals surface area contributed by atoms with E-state index in [0.29, 0.717) is 16.8 Å². The van der Waals surface area contributed by atoms with Crippen LogP contribution in [0.1, 0.15) is 30.0 Å². The Balaban J connectivity index is 2.89.